The largest absolute Gasteiger partial charge is 0.495 e. The molecule has 1 amide bonds. The fourth-order valence-electron chi connectivity index (χ4n) is 4.24. The molecule has 0 saturated carbocycles. The Kier molecular flexibility index (Phi) is 7.91. The number of para-hydroxylation sites is 2. The van der Waals surface area contributed by atoms with Crippen molar-refractivity contribution in [3.05, 3.63) is 83.9 Å². The number of hydrogen-bond acceptors (Lipinski definition) is 5. The second-order valence-corrected chi connectivity index (χ2v) is 8.29. The third-order valence-electron chi connectivity index (χ3n) is 6.13. The Hall–Kier alpha value is -3.67. The van der Waals surface area contributed by atoms with Gasteiger partial charge in [-0.2, -0.15) is 0 Å². The molecule has 1 heterocycles. The molecule has 0 bridgehead atoms. The van der Waals surface area contributed by atoms with Gasteiger partial charge in [0.1, 0.15) is 5.75 Å². The molecule has 6 nitrogen and oxygen atoms in total. The van der Waals surface area contributed by atoms with E-state index in [2.05, 4.69) is 23.1 Å². The maximum absolute atomic E-state index is 13.0. The van der Waals surface area contributed by atoms with Crippen molar-refractivity contribution >= 4 is 11.6 Å². The topological polar surface area (TPSA) is 51.2 Å². The number of methoxy groups -OCH3 is 2. The summed E-state index contributed by atoms with van der Waals surface area (Å²) >= 11 is 0. The lowest BCUT2D eigenvalue weighted by Gasteiger charge is -2.36. The molecule has 3 aromatic carbocycles. The van der Waals surface area contributed by atoms with Crippen molar-refractivity contribution in [1.29, 1.82) is 0 Å². The van der Waals surface area contributed by atoms with Gasteiger partial charge in [0, 0.05) is 32.6 Å². The standard InChI is InChI=1S/C28H32N2O4/c1-32-25-11-7-6-10-24(25)29-15-17-30(18-16-29)28(31)21-23-12-13-26(33-2)27(20-23)34-19-14-22-8-4-3-5-9-22/h3-13,20H,14-19,21H2,1-2H3. The van der Waals surface area contributed by atoms with Gasteiger partial charge in [-0.05, 0) is 35.4 Å². The smallest absolute Gasteiger partial charge is 0.227 e. The number of carbonyl (C=O) groups is 1. The number of amides is 1. The Morgan fingerprint density at radius 1 is 0.765 bits per heavy atom. The predicted octanol–water partition coefficient (Wildman–Crippen LogP) is 4.22. The van der Waals surface area contributed by atoms with Gasteiger partial charge in [0.25, 0.3) is 0 Å². The first-order chi connectivity index (χ1) is 16.7. The number of rotatable bonds is 9. The van der Waals surface area contributed by atoms with E-state index in [0.29, 0.717) is 37.6 Å². The maximum atomic E-state index is 13.0. The van der Waals surface area contributed by atoms with Gasteiger partial charge in [-0.15, -0.1) is 0 Å². The molecule has 0 aromatic heterocycles. The fraction of sp³-hybridized carbons (Fsp3) is 0.321. The van der Waals surface area contributed by atoms with E-state index in [9.17, 15) is 4.79 Å². The first-order valence-electron chi connectivity index (χ1n) is 11.7. The molecule has 0 atom stereocenters. The Morgan fingerprint density at radius 2 is 1.47 bits per heavy atom. The van der Waals surface area contributed by atoms with Crippen molar-refractivity contribution in [3.8, 4) is 17.2 Å². The van der Waals surface area contributed by atoms with Gasteiger partial charge in [-0.25, -0.2) is 0 Å². The van der Waals surface area contributed by atoms with Crippen LogP contribution in [0.2, 0.25) is 0 Å². The molecule has 1 aliphatic heterocycles. The van der Waals surface area contributed by atoms with Crippen molar-refractivity contribution in [2.24, 2.45) is 0 Å². The van der Waals surface area contributed by atoms with Crippen LogP contribution < -0.4 is 19.1 Å². The molecule has 1 fully saturated rings. The van der Waals surface area contributed by atoms with E-state index in [0.717, 1.165) is 36.5 Å². The zero-order chi connectivity index (χ0) is 23.8. The van der Waals surface area contributed by atoms with Crippen LogP contribution in [-0.4, -0.2) is 57.8 Å². The SMILES string of the molecule is COc1ccc(CC(=O)N2CCN(c3ccccc3OC)CC2)cc1OCCc1ccccc1. The zero-order valence-corrected chi connectivity index (χ0v) is 19.9. The highest BCUT2D eigenvalue weighted by Crippen LogP contribution is 2.30. The van der Waals surface area contributed by atoms with Crippen LogP contribution in [-0.2, 0) is 17.6 Å². The Morgan fingerprint density at radius 3 is 2.21 bits per heavy atom. The Labute approximate surface area is 201 Å². The maximum Gasteiger partial charge on any atom is 0.227 e. The van der Waals surface area contributed by atoms with Crippen molar-refractivity contribution in [2.45, 2.75) is 12.8 Å². The number of anilines is 1. The third kappa shape index (κ3) is 5.81. The van der Waals surface area contributed by atoms with Gasteiger partial charge < -0.3 is 24.0 Å². The molecule has 6 heteroatoms. The molecule has 1 aliphatic rings. The number of nitrogens with zero attached hydrogens (tertiary/aromatic N) is 2. The van der Waals surface area contributed by atoms with Crippen LogP contribution in [0.1, 0.15) is 11.1 Å². The average molecular weight is 461 g/mol. The van der Waals surface area contributed by atoms with Gasteiger partial charge in [0.15, 0.2) is 11.5 Å². The molecule has 4 rings (SSSR count). The fourth-order valence-corrected chi connectivity index (χ4v) is 4.24. The van der Waals surface area contributed by atoms with Gasteiger partial charge in [-0.1, -0.05) is 48.5 Å². The summed E-state index contributed by atoms with van der Waals surface area (Å²) in [6.07, 6.45) is 1.15. The highest BCUT2D eigenvalue weighted by Gasteiger charge is 2.23. The second-order valence-electron chi connectivity index (χ2n) is 8.29. The molecule has 0 spiro atoms. The van der Waals surface area contributed by atoms with Crippen LogP contribution in [0.25, 0.3) is 0 Å². The molecular weight excluding hydrogens is 428 g/mol. The van der Waals surface area contributed by atoms with Gasteiger partial charge in [0.05, 0.1) is 32.9 Å². The van der Waals surface area contributed by atoms with Crippen molar-refractivity contribution in [2.75, 3.05) is 51.9 Å². The molecule has 0 N–H and O–H groups in total. The van der Waals surface area contributed by atoms with E-state index in [1.165, 1.54) is 5.56 Å². The van der Waals surface area contributed by atoms with E-state index in [4.69, 9.17) is 14.2 Å². The van der Waals surface area contributed by atoms with Crippen LogP contribution in [0.15, 0.2) is 72.8 Å². The van der Waals surface area contributed by atoms with Gasteiger partial charge in [-0.3, -0.25) is 4.79 Å². The second kappa shape index (κ2) is 11.5. The number of benzene rings is 3. The van der Waals surface area contributed by atoms with Crippen LogP contribution in [0.5, 0.6) is 17.2 Å². The minimum atomic E-state index is 0.125. The van der Waals surface area contributed by atoms with E-state index >= 15 is 0 Å². The van der Waals surface area contributed by atoms with Gasteiger partial charge >= 0.3 is 0 Å². The predicted molar refractivity (Wildman–Crippen MR) is 134 cm³/mol. The van der Waals surface area contributed by atoms with Crippen molar-refractivity contribution < 1.29 is 19.0 Å². The minimum absolute atomic E-state index is 0.125. The molecule has 178 valence electrons. The molecule has 0 unspecified atom stereocenters. The number of carbonyl (C=O) groups excluding carboxylic acids is 1. The summed E-state index contributed by atoms with van der Waals surface area (Å²) in [4.78, 5) is 17.2. The summed E-state index contributed by atoms with van der Waals surface area (Å²) in [6.45, 7) is 3.48. The summed E-state index contributed by atoms with van der Waals surface area (Å²) in [6, 6.07) is 24.0. The zero-order valence-electron chi connectivity index (χ0n) is 19.9. The monoisotopic (exact) mass is 460 g/mol. The summed E-state index contributed by atoms with van der Waals surface area (Å²) in [5.74, 6) is 2.33. The summed E-state index contributed by atoms with van der Waals surface area (Å²) in [7, 11) is 3.32. The summed E-state index contributed by atoms with van der Waals surface area (Å²) in [5.41, 5.74) is 3.22. The normalized spacial score (nSPS) is 13.5. The first kappa shape index (κ1) is 23.5. The first-order valence-corrected chi connectivity index (χ1v) is 11.7. The minimum Gasteiger partial charge on any atom is -0.495 e. The molecule has 0 aliphatic carbocycles. The lowest BCUT2D eigenvalue weighted by atomic mass is 10.1. The number of ether oxygens (including phenoxy) is 3. The Bertz CT molecular complexity index is 1080. The third-order valence-corrected chi connectivity index (χ3v) is 6.13. The molecule has 0 radical (unpaired) electrons. The summed E-state index contributed by atoms with van der Waals surface area (Å²) in [5, 5.41) is 0. The van der Waals surface area contributed by atoms with E-state index in [-0.39, 0.29) is 5.91 Å². The van der Waals surface area contributed by atoms with E-state index < -0.39 is 0 Å². The highest BCUT2D eigenvalue weighted by atomic mass is 16.5. The van der Waals surface area contributed by atoms with Crippen molar-refractivity contribution in [1.82, 2.24) is 4.90 Å². The number of piperazine rings is 1. The quantitative estimate of drug-likeness (QED) is 0.479. The summed E-state index contributed by atoms with van der Waals surface area (Å²) < 4.78 is 17.0. The average Bonchev–Trinajstić information content (AvgIpc) is 2.89. The van der Waals surface area contributed by atoms with Crippen molar-refractivity contribution in [3.63, 3.8) is 0 Å². The molecule has 1 saturated heterocycles. The Balaban J connectivity index is 1.33. The van der Waals surface area contributed by atoms with E-state index in [1.54, 1.807) is 14.2 Å². The molecular formula is C28H32N2O4. The van der Waals surface area contributed by atoms with Crippen LogP contribution in [0, 0.1) is 0 Å². The lowest BCUT2D eigenvalue weighted by Crippen LogP contribution is -2.49. The molecule has 3 aromatic rings. The van der Waals surface area contributed by atoms with Crippen LogP contribution >= 0.6 is 0 Å². The highest BCUT2D eigenvalue weighted by molar-refractivity contribution is 5.79. The van der Waals surface area contributed by atoms with Crippen LogP contribution in [0.3, 0.4) is 0 Å². The van der Waals surface area contributed by atoms with Crippen LogP contribution in [0.4, 0.5) is 5.69 Å². The number of hydrogen-bond donors (Lipinski definition) is 0. The van der Waals surface area contributed by atoms with E-state index in [1.807, 2.05) is 59.5 Å². The van der Waals surface area contributed by atoms with Gasteiger partial charge in [0.2, 0.25) is 5.91 Å². The molecule has 34 heavy (non-hydrogen) atoms. The lowest BCUT2D eigenvalue weighted by molar-refractivity contribution is -0.130.